The van der Waals surface area contributed by atoms with Crippen LogP contribution in [0, 0.1) is 0 Å². The second kappa shape index (κ2) is 4.99. The van der Waals surface area contributed by atoms with E-state index in [1.165, 1.54) is 6.92 Å². The van der Waals surface area contributed by atoms with Gasteiger partial charge in [0.1, 0.15) is 12.4 Å². The molecule has 1 rings (SSSR count). The van der Waals surface area contributed by atoms with Crippen LogP contribution in [0.5, 0.6) is 5.75 Å². The molecule has 0 amide bonds. The molecule has 0 aliphatic carbocycles. The lowest BCUT2D eigenvalue weighted by Crippen LogP contribution is -1.99. The van der Waals surface area contributed by atoms with Crippen molar-refractivity contribution in [2.24, 2.45) is 0 Å². The molecule has 0 atom stereocenters. The molecule has 0 N–H and O–H groups in total. The summed E-state index contributed by atoms with van der Waals surface area (Å²) in [7, 11) is 0. The number of ketones is 1. The number of rotatable bonds is 4. The molecule has 0 aliphatic heterocycles. The third-order valence-corrected chi connectivity index (χ3v) is 2.11. The summed E-state index contributed by atoms with van der Waals surface area (Å²) in [5.41, 5.74) is 1.50. The highest BCUT2D eigenvalue weighted by molar-refractivity contribution is 6.32. The molecule has 0 aromatic heterocycles. The van der Waals surface area contributed by atoms with Gasteiger partial charge in [-0.15, -0.1) is 0 Å². The van der Waals surface area contributed by atoms with Crippen LogP contribution in [0.1, 0.15) is 24.2 Å². The van der Waals surface area contributed by atoms with E-state index in [9.17, 15) is 4.79 Å². The van der Waals surface area contributed by atoms with Crippen LogP contribution in [0.4, 0.5) is 0 Å². The van der Waals surface area contributed by atoms with E-state index in [-0.39, 0.29) is 5.78 Å². The van der Waals surface area contributed by atoms with Crippen LogP contribution in [-0.4, -0.2) is 12.4 Å². The summed E-state index contributed by atoms with van der Waals surface area (Å²) < 4.78 is 5.39. The standard InChI is InChI=1S/C12H13ClO2/c1-8(2)7-15-12-5-4-10(9(3)14)6-11(12)13/h4-6H,1,7H2,2-3H3. The molecule has 0 saturated carbocycles. The summed E-state index contributed by atoms with van der Waals surface area (Å²) in [6.07, 6.45) is 0. The number of benzene rings is 1. The lowest BCUT2D eigenvalue weighted by Gasteiger charge is -2.08. The number of hydrogen-bond donors (Lipinski definition) is 0. The van der Waals surface area contributed by atoms with Gasteiger partial charge in [0.15, 0.2) is 5.78 Å². The summed E-state index contributed by atoms with van der Waals surface area (Å²) >= 11 is 5.95. The van der Waals surface area contributed by atoms with E-state index >= 15 is 0 Å². The smallest absolute Gasteiger partial charge is 0.159 e. The molecule has 15 heavy (non-hydrogen) atoms. The second-order valence-electron chi connectivity index (χ2n) is 3.45. The first-order valence-corrected chi connectivity index (χ1v) is 4.96. The van der Waals surface area contributed by atoms with E-state index in [4.69, 9.17) is 16.3 Å². The molecular weight excluding hydrogens is 212 g/mol. The molecular formula is C12H13ClO2. The summed E-state index contributed by atoms with van der Waals surface area (Å²) in [6, 6.07) is 5.00. The number of carbonyl (C=O) groups is 1. The van der Waals surface area contributed by atoms with Crippen molar-refractivity contribution < 1.29 is 9.53 Å². The average Bonchev–Trinajstić information content (AvgIpc) is 2.15. The summed E-state index contributed by atoms with van der Waals surface area (Å²) in [6.45, 7) is 7.53. The zero-order valence-electron chi connectivity index (χ0n) is 8.84. The van der Waals surface area contributed by atoms with Crippen molar-refractivity contribution in [1.82, 2.24) is 0 Å². The van der Waals surface area contributed by atoms with Gasteiger partial charge in [-0.1, -0.05) is 18.2 Å². The minimum atomic E-state index is -0.0108. The first kappa shape index (κ1) is 11.8. The first-order valence-electron chi connectivity index (χ1n) is 4.58. The highest BCUT2D eigenvalue weighted by Crippen LogP contribution is 2.25. The zero-order valence-corrected chi connectivity index (χ0v) is 9.60. The van der Waals surface area contributed by atoms with Gasteiger partial charge < -0.3 is 4.74 Å². The minimum Gasteiger partial charge on any atom is -0.488 e. The van der Waals surface area contributed by atoms with Crippen LogP contribution < -0.4 is 4.74 Å². The fraction of sp³-hybridized carbons (Fsp3) is 0.250. The van der Waals surface area contributed by atoms with Crippen molar-refractivity contribution in [3.8, 4) is 5.75 Å². The Balaban J connectivity index is 2.83. The summed E-state index contributed by atoms with van der Waals surface area (Å²) in [4.78, 5) is 11.1. The van der Waals surface area contributed by atoms with E-state index in [2.05, 4.69) is 6.58 Å². The number of ether oxygens (including phenoxy) is 1. The van der Waals surface area contributed by atoms with Gasteiger partial charge in [-0.25, -0.2) is 0 Å². The minimum absolute atomic E-state index is 0.0108. The fourth-order valence-electron chi connectivity index (χ4n) is 1.04. The van der Waals surface area contributed by atoms with Gasteiger partial charge in [0.25, 0.3) is 0 Å². The third-order valence-electron chi connectivity index (χ3n) is 1.81. The van der Waals surface area contributed by atoms with Crippen LogP contribution in [0.2, 0.25) is 5.02 Å². The van der Waals surface area contributed by atoms with E-state index in [1.54, 1.807) is 18.2 Å². The van der Waals surface area contributed by atoms with E-state index < -0.39 is 0 Å². The molecule has 80 valence electrons. The maximum Gasteiger partial charge on any atom is 0.159 e. The Morgan fingerprint density at radius 2 is 2.13 bits per heavy atom. The molecule has 0 saturated heterocycles. The Kier molecular flexibility index (Phi) is 3.92. The Labute approximate surface area is 94.5 Å². The van der Waals surface area contributed by atoms with Gasteiger partial charge in [0, 0.05) is 5.56 Å². The van der Waals surface area contributed by atoms with Gasteiger partial charge in [0.2, 0.25) is 0 Å². The Bertz CT molecular complexity index is 397. The van der Waals surface area contributed by atoms with Crippen molar-refractivity contribution in [2.75, 3.05) is 6.61 Å². The number of hydrogen-bond acceptors (Lipinski definition) is 2. The monoisotopic (exact) mass is 224 g/mol. The van der Waals surface area contributed by atoms with Crippen molar-refractivity contribution in [2.45, 2.75) is 13.8 Å². The van der Waals surface area contributed by atoms with Crippen molar-refractivity contribution >= 4 is 17.4 Å². The molecule has 0 bridgehead atoms. The molecule has 0 aliphatic rings. The Morgan fingerprint density at radius 3 is 2.60 bits per heavy atom. The van der Waals surface area contributed by atoms with Gasteiger partial charge in [-0.2, -0.15) is 0 Å². The Morgan fingerprint density at radius 1 is 1.47 bits per heavy atom. The third kappa shape index (κ3) is 3.40. The number of carbonyl (C=O) groups excluding carboxylic acids is 1. The van der Waals surface area contributed by atoms with Crippen LogP contribution in [0.25, 0.3) is 0 Å². The summed E-state index contributed by atoms with van der Waals surface area (Å²) in [5, 5.41) is 0.448. The second-order valence-corrected chi connectivity index (χ2v) is 3.85. The van der Waals surface area contributed by atoms with Crippen molar-refractivity contribution in [3.05, 3.63) is 40.9 Å². The molecule has 1 aromatic rings. The molecule has 0 unspecified atom stereocenters. The van der Waals surface area contributed by atoms with Crippen LogP contribution in [0.15, 0.2) is 30.4 Å². The predicted octanol–water partition coefficient (Wildman–Crippen LogP) is 3.50. The van der Waals surface area contributed by atoms with Gasteiger partial charge in [-0.3, -0.25) is 4.79 Å². The largest absolute Gasteiger partial charge is 0.488 e. The highest BCUT2D eigenvalue weighted by Gasteiger charge is 2.05. The van der Waals surface area contributed by atoms with E-state index in [1.807, 2.05) is 6.92 Å². The normalized spacial score (nSPS) is 9.80. The van der Waals surface area contributed by atoms with E-state index in [0.717, 1.165) is 5.57 Å². The molecule has 3 heteroatoms. The quantitative estimate of drug-likeness (QED) is 0.578. The fourth-order valence-corrected chi connectivity index (χ4v) is 1.27. The molecule has 2 nitrogen and oxygen atoms in total. The maximum atomic E-state index is 11.1. The number of Topliss-reactive ketones (excluding diaryl/α,β-unsaturated/α-hetero) is 1. The average molecular weight is 225 g/mol. The van der Waals surface area contributed by atoms with Gasteiger partial charge in [0.05, 0.1) is 5.02 Å². The lowest BCUT2D eigenvalue weighted by atomic mass is 10.1. The van der Waals surface area contributed by atoms with Crippen LogP contribution in [0.3, 0.4) is 0 Å². The predicted molar refractivity (Wildman–Crippen MR) is 61.8 cm³/mol. The zero-order chi connectivity index (χ0) is 11.4. The van der Waals surface area contributed by atoms with E-state index in [0.29, 0.717) is 22.9 Å². The van der Waals surface area contributed by atoms with Crippen molar-refractivity contribution in [3.63, 3.8) is 0 Å². The van der Waals surface area contributed by atoms with Crippen LogP contribution in [-0.2, 0) is 0 Å². The molecule has 0 fully saturated rings. The maximum absolute atomic E-state index is 11.1. The molecule has 0 spiro atoms. The lowest BCUT2D eigenvalue weighted by molar-refractivity contribution is 0.101. The Hall–Kier alpha value is -1.28. The van der Waals surface area contributed by atoms with Crippen LogP contribution >= 0.6 is 11.6 Å². The summed E-state index contributed by atoms with van der Waals surface area (Å²) in [5.74, 6) is 0.563. The molecule has 0 heterocycles. The van der Waals surface area contributed by atoms with Gasteiger partial charge in [-0.05, 0) is 37.6 Å². The molecule has 1 aromatic carbocycles. The topological polar surface area (TPSA) is 26.3 Å². The molecule has 0 radical (unpaired) electrons. The van der Waals surface area contributed by atoms with Gasteiger partial charge >= 0.3 is 0 Å². The number of halogens is 1. The SMILES string of the molecule is C=C(C)COc1ccc(C(C)=O)cc1Cl. The highest BCUT2D eigenvalue weighted by atomic mass is 35.5. The first-order chi connectivity index (χ1) is 7.00. The van der Waals surface area contributed by atoms with Crippen molar-refractivity contribution in [1.29, 1.82) is 0 Å².